The Hall–Kier alpha value is -2.56. The van der Waals surface area contributed by atoms with Gasteiger partial charge in [-0.1, -0.05) is 47.5 Å². The van der Waals surface area contributed by atoms with E-state index in [0.29, 0.717) is 27.7 Å². The Morgan fingerprint density at radius 2 is 1.96 bits per heavy atom. The van der Waals surface area contributed by atoms with E-state index in [-0.39, 0.29) is 12.0 Å². The summed E-state index contributed by atoms with van der Waals surface area (Å²) in [5.74, 6) is -1.92. The van der Waals surface area contributed by atoms with Crippen LogP contribution in [0.15, 0.2) is 58.9 Å². The number of carboxylic acid groups (broad SMARTS) is 1. The highest BCUT2D eigenvalue weighted by atomic mass is 35.5. The molecule has 1 aromatic heterocycles. The van der Waals surface area contributed by atoms with Crippen molar-refractivity contribution in [2.24, 2.45) is 7.05 Å². The number of halogens is 2. The highest BCUT2D eigenvalue weighted by Gasteiger charge is 2.29. The number of aromatic nitrogens is 1. The number of aliphatic carboxylic acids is 1. The Morgan fingerprint density at radius 1 is 1.29 bits per heavy atom. The van der Waals surface area contributed by atoms with Gasteiger partial charge in [0.1, 0.15) is 5.92 Å². The highest BCUT2D eigenvalue weighted by molar-refractivity contribution is 6.31. The van der Waals surface area contributed by atoms with Crippen molar-refractivity contribution in [2.45, 2.75) is 18.8 Å². The van der Waals surface area contributed by atoms with Gasteiger partial charge in [0.25, 0.3) is 5.56 Å². The van der Waals surface area contributed by atoms with E-state index in [1.165, 1.54) is 4.57 Å². The lowest BCUT2D eigenvalue weighted by atomic mass is 9.86. The van der Waals surface area contributed by atoms with E-state index in [2.05, 4.69) is 6.58 Å². The molecule has 2 aromatic rings. The quantitative estimate of drug-likeness (QED) is 0.687. The normalized spacial score (nSPS) is 14.0. The molecule has 0 radical (unpaired) electrons. The van der Waals surface area contributed by atoms with Gasteiger partial charge in [-0.2, -0.15) is 0 Å². The second-order valence-electron chi connectivity index (χ2n) is 6.57. The number of nitrogens with zero attached hydrogens (tertiary/aromatic N) is 1. The summed E-state index contributed by atoms with van der Waals surface area (Å²) >= 11 is 12.2. The molecule has 0 spiro atoms. The van der Waals surface area contributed by atoms with Crippen molar-refractivity contribution < 1.29 is 9.90 Å². The summed E-state index contributed by atoms with van der Waals surface area (Å²) in [5.41, 5.74) is 2.96. The van der Waals surface area contributed by atoms with Crippen LogP contribution < -0.4 is 5.56 Å². The zero-order valence-electron chi connectivity index (χ0n) is 15.3. The van der Waals surface area contributed by atoms with E-state index in [4.69, 9.17) is 23.2 Å². The Morgan fingerprint density at radius 3 is 2.57 bits per heavy atom. The summed E-state index contributed by atoms with van der Waals surface area (Å²) in [6.07, 6.45) is 7.36. The monoisotopic (exact) mass is 415 g/mol. The lowest BCUT2D eigenvalue weighted by Gasteiger charge is -2.24. The largest absolute Gasteiger partial charge is 0.481 e. The summed E-state index contributed by atoms with van der Waals surface area (Å²) in [4.78, 5) is 25.1. The molecule has 4 nitrogen and oxygen atoms in total. The number of hydrogen-bond donors (Lipinski definition) is 1. The molecule has 28 heavy (non-hydrogen) atoms. The van der Waals surface area contributed by atoms with Gasteiger partial charge in [0.2, 0.25) is 0 Å². The molecular formula is C22H19Cl2NO3. The maximum Gasteiger partial charge on any atom is 0.312 e. The first-order chi connectivity index (χ1) is 13.3. The molecule has 1 aliphatic rings. The van der Waals surface area contributed by atoms with Gasteiger partial charge in [0.05, 0.1) is 0 Å². The van der Waals surface area contributed by atoms with Crippen LogP contribution in [-0.4, -0.2) is 15.6 Å². The summed E-state index contributed by atoms with van der Waals surface area (Å²) in [5, 5.41) is 11.0. The molecular weight excluding hydrogens is 397 g/mol. The first-order valence-corrected chi connectivity index (χ1v) is 9.49. The summed E-state index contributed by atoms with van der Waals surface area (Å²) in [7, 11) is 1.60. The third-order valence-electron chi connectivity index (χ3n) is 4.85. The van der Waals surface area contributed by atoms with Crippen LogP contribution in [0.25, 0.3) is 17.2 Å². The molecule has 1 heterocycles. The molecule has 0 amide bonds. The zero-order chi connectivity index (χ0) is 20.4. The van der Waals surface area contributed by atoms with Crippen LogP contribution in [0.1, 0.15) is 29.2 Å². The van der Waals surface area contributed by atoms with Gasteiger partial charge in [0.15, 0.2) is 0 Å². The average Bonchev–Trinajstić information content (AvgIpc) is 2.86. The number of rotatable bonds is 5. The van der Waals surface area contributed by atoms with Crippen molar-refractivity contribution in [3.8, 4) is 11.1 Å². The molecule has 3 rings (SSSR count). The minimum Gasteiger partial charge on any atom is -0.481 e. The number of benzene rings is 1. The van der Waals surface area contributed by atoms with Gasteiger partial charge in [0, 0.05) is 33.9 Å². The number of carbonyl (C=O) groups is 1. The number of pyridine rings is 1. The fourth-order valence-corrected chi connectivity index (χ4v) is 3.80. The fourth-order valence-electron chi connectivity index (χ4n) is 3.53. The standard InChI is InChI=1S/C22H19Cl2NO3/c1-3-4-18(22(27)28)20-19(13-5-7-14(23)8-6-13)16-11-9-15(24)10-12-17(16)21(26)25(20)2/h3,5-10,12,18H,1,4,11H2,2H3,(H,27,28). The maximum absolute atomic E-state index is 13.1. The van der Waals surface area contributed by atoms with Crippen LogP contribution in [0.2, 0.25) is 5.02 Å². The lowest BCUT2D eigenvalue weighted by Crippen LogP contribution is -2.29. The number of carboxylic acids is 1. The number of hydrogen-bond acceptors (Lipinski definition) is 2. The molecule has 6 heteroatoms. The van der Waals surface area contributed by atoms with E-state index in [1.54, 1.807) is 37.4 Å². The number of allylic oxidation sites excluding steroid dienone is 4. The summed E-state index contributed by atoms with van der Waals surface area (Å²) in [6, 6.07) is 7.16. The van der Waals surface area contributed by atoms with E-state index < -0.39 is 11.9 Å². The summed E-state index contributed by atoms with van der Waals surface area (Å²) in [6.45, 7) is 3.68. The lowest BCUT2D eigenvalue weighted by molar-refractivity contribution is -0.138. The minimum absolute atomic E-state index is 0.203. The maximum atomic E-state index is 13.1. The van der Waals surface area contributed by atoms with Gasteiger partial charge >= 0.3 is 5.97 Å². The van der Waals surface area contributed by atoms with Crippen LogP contribution in [0.5, 0.6) is 0 Å². The second-order valence-corrected chi connectivity index (χ2v) is 7.44. The molecule has 1 unspecified atom stereocenters. The van der Waals surface area contributed by atoms with E-state index in [9.17, 15) is 14.7 Å². The SMILES string of the molecule is C=CCC(C(=O)O)c1c(-c2ccc(Cl)cc2)c2c(c(=O)n1C)C=CC(Cl)=CC2. The molecule has 1 atom stereocenters. The molecule has 1 aromatic carbocycles. The molecule has 1 N–H and O–H groups in total. The van der Waals surface area contributed by atoms with Gasteiger partial charge in [-0.25, -0.2) is 0 Å². The van der Waals surface area contributed by atoms with Crippen molar-refractivity contribution in [2.75, 3.05) is 0 Å². The van der Waals surface area contributed by atoms with E-state index in [0.717, 1.165) is 16.7 Å². The van der Waals surface area contributed by atoms with Crippen LogP contribution in [0.3, 0.4) is 0 Å². The third kappa shape index (κ3) is 3.71. The minimum atomic E-state index is -1.01. The van der Waals surface area contributed by atoms with Gasteiger partial charge in [-0.3, -0.25) is 9.59 Å². The van der Waals surface area contributed by atoms with Crippen molar-refractivity contribution in [3.05, 3.63) is 86.3 Å². The van der Waals surface area contributed by atoms with Gasteiger partial charge in [-0.15, -0.1) is 6.58 Å². The third-order valence-corrected chi connectivity index (χ3v) is 5.39. The Balaban J connectivity index is 2.45. The fraction of sp³-hybridized carbons (Fsp3) is 0.182. The average molecular weight is 416 g/mol. The molecule has 1 aliphatic carbocycles. The molecule has 0 fully saturated rings. The van der Waals surface area contributed by atoms with E-state index >= 15 is 0 Å². The molecule has 0 saturated heterocycles. The van der Waals surface area contributed by atoms with Gasteiger partial charge in [-0.05, 0) is 48.3 Å². The Labute approximate surface area is 173 Å². The zero-order valence-corrected chi connectivity index (χ0v) is 16.8. The van der Waals surface area contributed by atoms with Crippen molar-refractivity contribution in [3.63, 3.8) is 0 Å². The Bertz CT molecular complexity index is 1060. The second kappa shape index (κ2) is 8.21. The van der Waals surface area contributed by atoms with Crippen LogP contribution >= 0.6 is 23.2 Å². The van der Waals surface area contributed by atoms with Crippen LogP contribution in [0.4, 0.5) is 0 Å². The Kier molecular flexibility index (Phi) is 5.92. The predicted molar refractivity (Wildman–Crippen MR) is 114 cm³/mol. The van der Waals surface area contributed by atoms with E-state index in [1.807, 2.05) is 18.2 Å². The molecule has 144 valence electrons. The van der Waals surface area contributed by atoms with Crippen molar-refractivity contribution >= 4 is 35.2 Å². The smallest absolute Gasteiger partial charge is 0.312 e. The number of fused-ring (bicyclic) bond motifs is 1. The van der Waals surface area contributed by atoms with Crippen molar-refractivity contribution in [1.82, 2.24) is 4.57 Å². The van der Waals surface area contributed by atoms with Gasteiger partial charge < -0.3 is 9.67 Å². The van der Waals surface area contributed by atoms with Crippen LogP contribution in [0, 0.1) is 0 Å². The molecule has 0 saturated carbocycles. The molecule has 0 aliphatic heterocycles. The first-order valence-electron chi connectivity index (χ1n) is 8.74. The highest BCUT2D eigenvalue weighted by Crippen LogP contribution is 2.37. The first kappa shape index (κ1) is 20.2. The predicted octanol–water partition coefficient (Wildman–Crippen LogP) is 5.14. The topological polar surface area (TPSA) is 59.3 Å². The van der Waals surface area contributed by atoms with Crippen molar-refractivity contribution in [1.29, 1.82) is 0 Å². The summed E-state index contributed by atoms with van der Waals surface area (Å²) < 4.78 is 1.43. The molecule has 0 bridgehead atoms. The van der Waals surface area contributed by atoms with Crippen LogP contribution in [-0.2, 0) is 18.3 Å².